The molecule has 4 rings (SSSR count). The summed E-state index contributed by atoms with van der Waals surface area (Å²) in [6.45, 7) is 6.18. The van der Waals surface area contributed by atoms with Crippen molar-refractivity contribution in [2.45, 2.75) is 38.0 Å². The zero-order chi connectivity index (χ0) is 21.5. The van der Waals surface area contributed by atoms with E-state index in [9.17, 15) is 13.2 Å². The fourth-order valence-corrected chi connectivity index (χ4v) is 7.37. The van der Waals surface area contributed by atoms with Crippen LogP contribution in [-0.4, -0.2) is 59.0 Å². The summed E-state index contributed by atoms with van der Waals surface area (Å²) in [7, 11) is -3.03. The third kappa shape index (κ3) is 4.54. The summed E-state index contributed by atoms with van der Waals surface area (Å²) in [6.07, 6.45) is 0. The molecule has 2 N–H and O–H groups in total. The molecule has 1 saturated heterocycles. The van der Waals surface area contributed by atoms with Gasteiger partial charge in [0.2, 0.25) is 5.91 Å². The monoisotopic (exact) mass is 447 g/mol. The fraction of sp³-hybridized carbons (Fsp3) is 0.450. The number of rotatable bonds is 5. The van der Waals surface area contributed by atoms with E-state index in [0.717, 1.165) is 11.4 Å². The summed E-state index contributed by atoms with van der Waals surface area (Å²) in [6, 6.07) is 9.58. The third-order valence-electron chi connectivity index (χ3n) is 5.18. The Labute approximate surface area is 180 Å². The number of sulfone groups is 1. The van der Waals surface area contributed by atoms with E-state index in [2.05, 4.69) is 34.4 Å². The Balaban J connectivity index is 1.57. The van der Waals surface area contributed by atoms with Crippen molar-refractivity contribution < 1.29 is 13.2 Å². The van der Waals surface area contributed by atoms with Gasteiger partial charge in [0.1, 0.15) is 6.54 Å². The van der Waals surface area contributed by atoms with Gasteiger partial charge in [0.05, 0.1) is 17.5 Å². The molecule has 8 nitrogen and oxygen atoms in total. The minimum Gasteiger partial charge on any atom is -0.312 e. The molecule has 1 aromatic carbocycles. The molecule has 3 heterocycles. The average molecular weight is 448 g/mol. The van der Waals surface area contributed by atoms with E-state index in [1.807, 2.05) is 36.1 Å². The first-order valence-corrected chi connectivity index (χ1v) is 12.5. The van der Waals surface area contributed by atoms with Crippen LogP contribution in [0.15, 0.2) is 35.3 Å². The number of fused-ring (bicyclic) bond motifs is 1. The molecule has 2 atom stereocenters. The van der Waals surface area contributed by atoms with Crippen molar-refractivity contribution in [1.82, 2.24) is 10.2 Å². The number of aliphatic imine (C=N–C) groups is 1. The van der Waals surface area contributed by atoms with Crippen LogP contribution < -0.4 is 10.2 Å². The molecule has 2 aliphatic heterocycles. The molecule has 0 spiro atoms. The van der Waals surface area contributed by atoms with Crippen molar-refractivity contribution in [3.63, 3.8) is 0 Å². The molecular formula is C20H25N5O3S2. The number of thioether (sulfide) groups is 1. The maximum absolute atomic E-state index is 12.7. The Morgan fingerprint density at radius 2 is 2.03 bits per heavy atom. The Kier molecular flexibility index (Phi) is 5.63. The molecule has 1 amide bonds. The van der Waals surface area contributed by atoms with E-state index < -0.39 is 9.84 Å². The smallest absolute Gasteiger partial charge is 0.245 e. The molecular weight excluding hydrogens is 422 g/mol. The van der Waals surface area contributed by atoms with Crippen LogP contribution in [0.2, 0.25) is 0 Å². The molecule has 2 aromatic rings. The number of anilines is 2. The second-order valence-electron chi connectivity index (χ2n) is 8.03. The standard InChI is InChI=1S/C20H25N5O3S2/c1-12(2)14-4-6-15(7-5-14)25(9-19(26)22-18-8-13(3)23-24-18)20-21-16-10-30(27,28)11-17(16)29-20/h4-8,12,16-17H,9-11H2,1-3H3,(H2,22,23,24,26)/t16-,17-/m1/s1. The first-order chi connectivity index (χ1) is 14.2. The van der Waals surface area contributed by atoms with Gasteiger partial charge in [-0.05, 0) is 30.5 Å². The maximum Gasteiger partial charge on any atom is 0.245 e. The summed E-state index contributed by atoms with van der Waals surface area (Å²) in [4.78, 5) is 19.2. The lowest BCUT2D eigenvalue weighted by Gasteiger charge is -2.24. The summed E-state index contributed by atoms with van der Waals surface area (Å²) >= 11 is 1.44. The van der Waals surface area contributed by atoms with E-state index in [0.29, 0.717) is 16.9 Å². The number of amidine groups is 1. The SMILES string of the molecule is Cc1cc(NC(=O)CN(C2=N[C@@H]3CS(=O)(=O)C[C@H]3S2)c2ccc(C(C)C)cc2)n[nH]1. The van der Waals surface area contributed by atoms with Crippen molar-refractivity contribution >= 4 is 44.2 Å². The van der Waals surface area contributed by atoms with Crippen molar-refractivity contribution in [3.05, 3.63) is 41.6 Å². The number of aromatic amines is 1. The topological polar surface area (TPSA) is 108 Å². The van der Waals surface area contributed by atoms with E-state index in [-0.39, 0.29) is 35.2 Å². The normalized spacial score (nSPS) is 22.1. The number of aryl methyl sites for hydroxylation is 1. The van der Waals surface area contributed by atoms with E-state index >= 15 is 0 Å². The largest absolute Gasteiger partial charge is 0.312 e. The number of hydrogen-bond acceptors (Lipinski definition) is 7. The Bertz CT molecular complexity index is 1080. The van der Waals surface area contributed by atoms with Crippen molar-refractivity contribution in [2.75, 3.05) is 28.3 Å². The van der Waals surface area contributed by atoms with Crippen LogP contribution in [0.5, 0.6) is 0 Å². The summed E-state index contributed by atoms with van der Waals surface area (Å²) < 4.78 is 23.8. The van der Waals surface area contributed by atoms with E-state index in [4.69, 9.17) is 0 Å². The van der Waals surface area contributed by atoms with Crippen LogP contribution in [0.1, 0.15) is 31.0 Å². The van der Waals surface area contributed by atoms with E-state index in [1.165, 1.54) is 17.3 Å². The first-order valence-electron chi connectivity index (χ1n) is 9.84. The predicted octanol–water partition coefficient (Wildman–Crippen LogP) is 2.56. The van der Waals surface area contributed by atoms with Crippen LogP contribution >= 0.6 is 11.8 Å². The van der Waals surface area contributed by atoms with Crippen LogP contribution in [-0.2, 0) is 14.6 Å². The van der Waals surface area contributed by atoms with Crippen molar-refractivity contribution in [2.24, 2.45) is 4.99 Å². The lowest BCUT2D eigenvalue weighted by Crippen LogP contribution is -2.36. The van der Waals surface area contributed by atoms with Crippen LogP contribution in [0, 0.1) is 6.92 Å². The number of nitrogens with zero attached hydrogens (tertiary/aromatic N) is 3. The molecule has 0 unspecified atom stereocenters. The lowest BCUT2D eigenvalue weighted by atomic mass is 10.0. The minimum atomic E-state index is -3.03. The van der Waals surface area contributed by atoms with Crippen molar-refractivity contribution in [1.29, 1.82) is 0 Å². The number of carbonyl (C=O) groups is 1. The second kappa shape index (κ2) is 8.07. The number of benzene rings is 1. The van der Waals surface area contributed by atoms with Gasteiger partial charge in [0.25, 0.3) is 0 Å². The molecule has 0 radical (unpaired) electrons. The average Bonchev–Trinajstić information content (AvgIpc) is 3.32. The Hall–Kier alpha value is -2.33. The highest BCUT2D eigenvalue weighted by Crippen LogP contribution is 2.37. The highest BCUT2D eigenvalue weighted by molar-refractivity contribution is 8.15. The van der Waals surface area contributed by atoms with Crippen LogP contribution in [0.25, 0.3) is 0 Å². The number of amides is 1. The highest BCUT2D eigenvalue weighted by atomic mass is 32.2. The van der Waals surface area contributed by atoms with E-state index in [1.54, 1.807) is 6.07 Å². The second-order valence-corrected chi connectivity index (χ2v) is 11.4. The van der Waals surface area contributed by atoms with Gasteiger partial charge in [0, 0.05) is 22.7 Å². The van der Waals surface area contributed by atoms with Gasteiger partial charge in [-0.1, -0.05) is 37.7 Å². The molecule has 10 heteroatoms. The van der Waals surface area contributed by atoms with Gasteiger partial charge < -0.3 is 10.2 Å². The molecule has 0 bridgehead atoms. The van der Waals surface area contributed by atoms with Gasteiger partial charge in [-0.25, -0.2) is 8.42 Å². The maximum atomic E-state index is 12.7. The molecule has 30 heavy (non-hydrogen) atoms. The van der Waals surface area contributed by atoms with Gasteiger partial charge in [-0.2, -0.15) is 5.10 Å². The number of carbonyl (C=O) groups excluding carboxylic acids is 1. The zero-order valence-electron chi connectivity index (χ0n) is 17.1. The van der Waals surface area contributed by atoms with Crippen LogP contribution in [0.4, 0.5) is 11.5 Å². The van der Waals surface area contributed by atoms with Gasteiger partial charge in [0.15, 0.2) is 20.8 Å². The third-order valence-corrected chi connectivity index (χ3v) is 8.43. The lowest BCUT2D eigenvalue weighted by molar-refractivity contribution is -0.114. The minimum absolute atomic E-state index is 0.0605. The Morgan fingerprint density at radius 1 is 1.30 bits per heavy atom. The molecule has 1 fully saturated rings. The number of nitrogens with one attached hydrogen (secondary N) is 2. The molecule has 160 valence electrons. The number of H-pyrrole nitrogens is 1. The number of hydrogen-bond donors (Lipinski definition) is 2. The van der Waals surface area contributed by atoms with Gasteiger partial charge in [-0.3, -0.25) is 14.9 Å². The summed E-state index contributed by atoms with van der Waals surface area (Å²) in [5, 5.41) is 10.2. The fourth-order valence-electron chi connectivity index (χ4n) is 3.59. The molecule has 2 aliphatic rings. The molecule has 0 saturated carbocycles. The van der Waals surface area contributed by atoms with Crippen molar-refractivity contribution in [3.8, 4) is 0 Å². The van der Waals surface area contributed by atoms with Gasteiger partial charge >= 0.3 is 0 Å². The summed E-state index contributed by atoms with van der Waals surface area (Å²) in [5.74, 6) is 0.863. The number of aromatic nitrogens is 2. The molecule has 1 aromatic heterocycles. The predicted molar refractivity (Wildman–Crippen MR) is 121 cm³/mol. The molecule has 0 aliphatic carbocycles. The summed E-state index contributed by atoms with van der Waals surface area (Å²) in [5.41, 5.74) is 2.91. The zero-order valence-corrected chi connectivity index (χ0v) is 18.8. The quantitative estimate of drug-likeness (QED) is 0.729. The first kappa shape index (κ1) is 20.9. The van der Waals surface area contributed by atoms with Crippen LogP contribution in [0.3, 0.4) is 0 Å². The van der Waals surface area contributed by atoms with Gasteiger partial charge in [-0.15, -0.1) is 0 Å². The highest BCUT2D eigenvalue weighted by Gasteiger charge is 2.44. The Morgan fingerprint density at radius 3 is 2.63 bits per heavy atom.